The van der Waals surface area contributed by atoms with Crippen LogP contribution in [0, 0.1) is 0 Å². The van der Waals surface area contributed by atoms with E-state index in [4.69, 9.17) is 4.74 Å². The molecule has 1 aliphatic heterocycles. The van der Waals surface area contributed by atoms with Crippen LogP contribution >= 0.6 is 0 Å². The Morgan fingerprint density at radius 3 is 3.00 bits per heavy atom. The average Bonchev–Trinajstić information content (AvgIpc) is 2.52. The summed E-state index contributed by atoms with van der Waals surface area (Å²) < 4.78 is 7.43. The largest absolute Gasteiger partial charge is 0.374 e. The van der Waals surface area contributed by atoms with Crippen molar-refractivity contribution in [1.29, 1.82) is 0 Å². The number of aryl methyl sites for hydroxylation is 1. The second-order valence-electron chi connectivity index (χ2n) is 5.52. The molecule has 112 valence electrons. The van der Waals surface area contributed by atoms with Gasteiger partial charge in [-0.05, 0) is 6.07 Å². The molecule has 0 amide bonds. The highest BCUT2D eigenvalue weighted by molar-refractivity contribution is 5.91. The van der Waals surface area contributed by atoms with Crippen molar-refractivity contribution in [2.75, 3.05) is 38.2 Å². The molecule has 0 radical (unpaired) electrons. The molecule has 1 fully saturated rings. The van der Waals surface area contributed by atoms with E-state index in [1.165, 1.54) is 0 Å². The first-order valence-electron chi connectivity index (χ1n) is 7.29. The monoisotopic (exact) mass is 287 g/mol. The lowest BCUT2D eigenvalue weighted by Crippen LogP contribution is -2.44. The Labute approximate surface area is 124 Å². The maximum Gasteiger partial charge on any atom is 0.252 e. The molecule has 1 aromatic carbocycles. The average molecular weight is 287 g/mol. The van der Waals surface area contributed by atoms with Crippen LogP contribution in [0.25, 0.3) is 10.9 Å². The van der Waals surface area contributed by atoms with Gasteiger partial charge in [0, 0.05) is 45.2 Å². The van der Waals surface area contributed by atoms with Crippen molar-refractivity contribution >= 4 is 16.6 Å². The van der Waals surface area contributed by atoms with E-state index in [2.05, 4.69) is 16.3 Å². The number of aromatic nitrogens is 1. The van der Waals surface area contributed by atoms with Crippen LogP contribution in [0.15, 0.2) is 35.1 Å². The Balaban J connectivity index is 1.95. The number of pyridine rings is 1. The minimum atomic E-state index is 0.0123. The molecular formula is C16H21N3O2. The predicted octanol–water partition coefficient (Wildman–Crippen LogP) is 0.963. The standard InChI is InChI=1S/C16H21N3O2/c1-18(11-12-10-17-7-8-21-12)15-9-16(20)19(2)14-6-4-3-5-13(14)15/h3-6,9,12,17H,7-8,10-11H2,1-2H3. The SMILES string of the molecule is CN(CC1CNCCO1)c1cc(=O)n(C)c2ccccc12. The van der Waals surface area contributed by atoms with Gasteiger partial charge in [0.2, 0.25) is 0 Å². The fraction of sp³-hybridized carbons (Fsp3) is 0.438. The lowest BCUT2D eigenvalue weighted by molar-refractivity contribution is 0.0340. The van der Waals surface area contributed by atoms with Crippen molar-refractivity contribution in [1.82, 2.24) is 9.88 Å². The number of para-hydroxylation sites is 1. The molecule has 0 bridgehead atoms. The molecule has 3 rings (SSSR count). The van der Waals surface area contributed by atoms with E-state index in [-0.39, 0.29) is 11.7 Å². The van der Waals surface area contributed by atoms with E-state index >= 15 is 0 Å². The maximum absolute atomic E-state index is 12.1. The first-order valence-corrected chi connectivity index (χ1v) is 7.29. The highest BCUT2D eigenvalue weighted by Gasteiger charge is 2.17. The Kier molecular flexibility index (Phi) is 3.94. The molecule has 5 heteroatoms. The van der Waals surface area contributed by atoms with Gasteiger partial charge in [-0.15, -0.1) is 0 Å². The summed E-state index contributed by atoms with van der Waals surface area (Å²) in [5.74, 6) is 0. The minimum Gasteiger partial charge on any atom is -0.374 e. The van der Waals surface area contributed by atoms with Crippen molar-refractivity contribution in [2.24, 2.45) is 7.05 Å². The maximum atomic E-state index is 12.1. The lowest BCUT2D eigenvalue weighted by Gasteiger charge is -2.29. The van der Waals surface area contributed by atoms with Gasteiger partial charge in [-0.2, -0.15) is 0 Å². The molecular weight excluding hydrogens is 266 g/mol. The van der Waals surface area contributed by atoms with E-state index < -0.39 is 0 Å². The predicted molar refractivity (Wildman–Crippen MR) is 85.1 cm³/mol. The summed E-state index contributed by atoms with van der Waals surface area (Å²) in [6, 6.07) is 9.70. The smallest absolute Gasteiger partial charge is 0.252 e. The number of morpholine rings is 1. The summed E-state index contributed by atoms with van der Waals surface area (Å²) in [7, 11) is 3.82. The zero-order chi connectivity index (χ0) is 14.8. The van der Waals surface area contributed by atoms with Crippen molar-refractivity contribution in [3.63, 3.8) is 0 Å². The highest BCUT2D eigenvalue weighted by Crippen LogP contribution is 2.24. The number of hydrogen-bond acceptors (Lipinski definition) is 4. The number of anilines is 1. The van der Waals surface area contributed by atoms with Gasteiger partial charge in [0.1, 0.15) is 0 Å². The van der Waals surface area contributed by atoms with E-state index in [1.54, 1.807) is 10.6 Å². The van der Waals surface area contributed by atoms with Crippen molar-refractivity contribution in [3.8, 4) is 0 Å². The van der Waals surface area contributed by atoms with Gasteiger partial charge in [0.15, 0.2) is 0 Å². The number of hydrogen-bond donors (Lipinski definition) is 1. The van der Waals surface area contributed by atoms with Crippen LogP contribution in [-0.4, -0.2) is 44.0 Å². The molecule has 2 aromatic rings. The molecule has 2 heterocycles. The van der Waals surface area contributed by atoms with Crippen LogP contribution in [0.3, 0.4) is 0 Å². The highest BCUT2D eigenvalue weighted by atomic mass is 16.5. The van der Waals surface area contributed by atoms with E-state index in [1.807, 2.05) is 32.3 Å². The van der Waals surface area contributed by atoms with Gasteiger partial charge in [-0.1, -0.05) is 18.2 Å². The van der Waals surface area contributed by atoms with Gasteiger partial charge >= 0.3 is 0 Å². The lowest BCUT2D eigenvalue weighted by atomic mass is 10.1. The second kappa shape index (κ2) is 5.87. The number of rotatable bonds is 3. The van der Waals surface area contributed by atoms with Crippen molar-refractivity contribution in [3.05, 3.63) is 40.7 Å². The van der Waals surface area contributed by atoms with Crippen LogP contribution in [0.5, 0.6) is 0 Å². The summed E-state index contributed by atoms with van der Waals surface area (Å²) in [4.78, 5) is 14.3. The van der Waals surface area contributed by atoms with Gasteiger partial charge in [-0.3, -0.25) is 4.79 Å². The summed E-state index contributed by atoms with van der Waals surface area (Å²) in [5.41, 5.74) is 1.93. The number of ether oxygens (including phenoxy) is 1. The third-order valence-corrected chi connectivity index (χ3v) is 4.03. The fourth-order valence-corrected chi connectivity index (χ4v) is 2.85. The molecule has 0 saturated carbocycles. The number of fused-ring (bicyclic) bond motifs is 1. The third kappa shape index (κ3) is 2.80. The van der Waals surface area contributed by atoms with E-state index in [0.29, 0.717) is 0 Å². The summed E-state index contributed by atoms with van der Waals surface area (Å²) in [6.45, 7) is 3.28. The van der Waals surface area contributed by atoms with Gasteiger partial charge in [0.25, 0.3) is 5.56 Å². The number of nitrogens with one attached hydrogen (secondary N) is 1. The van der Waals surface area contributed by atoms with Crippen LogP contribution in [0.1, 0.15) is 0 Å². The number of likely N-dealkylation sites (N-methyl/N-ethyl adjacent to an activating group) is 1. The molecule has 0 spiro atoms. The van der Waals surface area contributed by atoms with Crippen LogP contribution < -0.4 is 15.8 Å². The molecule has 1 unspecified atom stereocenters. The number of nitrogens with zero attached hydrogens (tertiary/aromatic N) is 2. The van der Waals surface area contributed by atoms with Gasteiger partial charge in [0.05, 0.1) is 23.9 Å². The Bertz CT molecular complexity index is 689. The molecule has 1 saturated heterocycles. The molecule has 1 N–H and O–H groups in total. The van der Waals surface area contributed by atoms with E-state index in [9.17, 15) is 4.79 Å². The molecule has 1 aliphatic rings. The summed E-state index contributed by atoms with van der Waals surface area (Å²) in [5, 5.41) is 4.42. The molecule has 1 aromatic heterocycles. The topological polar surface area (TPSA) is 46.5 Å². The number of benzene rings is 1. The molecule has 0 aliphatic carbocycles. The first-order chi connectivity index (χ1) is 10.2. The zero-order valence-electron chi connectivity index (χ0n) is 12.5. The first kappa shape index (κ1) is 14.1. The summed E-state index contributed by atoms with van der Waals surface area (Å²) in [6.07, 6.45) is 0.159. The summed E-state index contributed by atoms with van der Waals surface area (Å²) >= 11 is 0. The molecule has 1 atom stereocenters. The van der Waals surface area contributed by atoms with Crippen molar-refractivity contribution < 1.29 is 4.74 Å². The second-order valence-corrected chi connectivity index (χ2v) is 5.52. The minimum absolute atomic E-state index is 0.0123. The van der Waals surface area contributed by atoms with E-state index in [0.717, 1.165) is 42.8 Å². The fourth-order valence-electron chi connectivity index (χ4n) is 2.85. The van der Waals surface area contributed by atoms with Gasteiger partial charge < -0.3 is 19.5 Å². The van der Waals surface area contributed by atoms with Gasteiger partial charge in [-0.25, -0.2) is 0 Å². The molecule has 5 nitrogen and oxygen atoms in total. The van der Waals surface area contributed by atoms with Crippen LogP contribution in [-0.2, 0) is 11.8 Å². The van der Waals surface area contributed by atoms with Crippen LogP contribution in [0.4, 0.5) is 5.69 Å². The normalized spacial score (nSPS) is 18.9. The quantitative estimate of drug-likeness (QED) is 0.913. The van der Waals surface area contributed by atoms with Crippen LogP contribution in [0.2, 0.25) is 0 Å². The Hall–Kier alpha value is -1.85. The Morgan fingerprint density at radius 1 is 1.43 bits per heavy atom. The molecule has 21 heavy (non-hydrogen) atoms. The Morgan fingerprint density at radius 2 is 2.24 bits per heavy atom. The third-order valence-electron chi connectivity index (χ3n) is 4.03. The van der Waals surface area contributed by atoms with Crippen molar-refractivity contribution in [2.45, 2.75) is 6.10 Å². The zero-order valence-corrected chi connectivity index (χ0v) is 12.5.